The Labute approximate surface area is 162 Å². The van der Waals surface area contributed by atoms with Gasteiger partial charge in [0.05, 0.1) is 35.7 Å². The fourth-order valence-corrected chi connectivity index (χ4v) is 3.15. The molecule has 0 saturated heterocycles. The van der Waals surface area contributed by atoms with Gasteiger partial charge in [-0.3, -0.25) is 9.78 Å². The van der Waals surface area contributed by atoms with Crippen LogP contribution in [0.25, 0.3) is 0 Å². The highest BCUT2D eigenvalue weighted by Crippen LogP contribution is 2.35. The molecule has 28 heavy (non-hydrogen) atoms. The zero-order chi connectivity index (χ0) is 19.5. The molecule has 0 unspecified atom stereocenters. The van der Waals surface area contributed by atoms with Gasteiger partial charge in [-0.2, -0.15) is 5.26 Å². The summed E-state index contributed by atoms with van der Waals surface area (Å²) in [6.45, 7) is 0.367. The molecule has 0 spiro atoms. The number of nitrogen functional groups attached to an aromatic ring is 1. The molecule has 0 amide bonds. The fraction of sp³-hybridized carbons (Fsp3) is 0.136. The van der Waals surface area contributed by atoms with E-state index in [0.717, 1.165) is 11.1 Å². The molecular weight excluding hydrogens is 354 g/mol. The number of carbonyl (C=O) groups excluding carboxylic acids is 1. The average Bonchev–Trinajstić information content (AvgIpc) is 2.73. The molecule has 3 aromatic rings. The number of ketones is 1. The van der Waals surface area contributed by atoms with Crippen LogP contribution in [-0.4, -0.2) is 17.4 Å². The predicted molar refractivity (Wildman–Crippen MR) is 103 cm³/mol. The van der Waals surface area contributed by atoms with Crippen LogP contribution in [0, 0.1) is 11.3 Å². The largest absolute Gasteiger partial charge is 0.492 e. The Kier molecular flexibility index (Phi) is 4.65. The first-order valence-corrected chi connectivity index (χ1v) is 8.82. The molecule has 1 aliphatic rings. The second-order valence-corrected chi connectivity index (χ2v) is 6.42. The number of nitrogens with zero attached hydrogens (tertiary/aromatic N) is 2. The standard InChI is InChI=1S/C22H17N3O3/c23-12-14-1-3-15(4-2-14)22(17-7-9-25-13-19(17)24)28-16-5-6-18-20(26)8-10-27-21(18)11-16/h1-7,9,11,13,22H,8,10,24H2/t22-/m1/s1. The number of ether oxygens (including phenoxy) is 2. The van der Waals surface area contributed by atoms with E-state index in [-0.39, 0.29) is 5.78 Å². The van der Waals surface area contributed by atoms with Crippen LogP contribution >= 0.6 is 0 Å². The van der Waals surface area contributed by atoms with Gasteiger partial charge in [0.25, 0.3) is 0 Å². The Morgan fingerprint density at radius 3 is 2.75 bits per heavy atom. The lowest BCUT2D eigenvalue weighted by Crippen LogP contribution is -2.16. The second-order valence-electron chi connectivity index (χ2n) is 6.42. The SMILES string of the molecule is N#Cc1ccc([C@@H](Oc2ccc3c(c2)OCCC3=O)c2ccncc2N)cc1. The van der Waals surface area contributed by atoms with E-state index in [1.165, 1.54) is 0 Å². The molecule has 4 rings (SSSR count). The summed E-state index contributed by atoms with van der Waals surface area (Å²) >= 11 is 0. The summed E-state index contributed by atoms with van der Waals surface area (Å²) in [4.78, 5) is 16.0. The van der Waals surface area contributed by atoms with Crippen LogP contribution in [0.2, 0.25) is 0 Å². The van der Waals surface area contributed by atoms with Crippen molar-refractivity contribution in [3.63, 3.8) is 0 Å². The van der Waals surface area contributed by atoms with Crippen molar-refractivity contribution in [1.29, 1.82) is 5.26 Å². The Morgan fingerprint density at radius 2 is 2.00 bits per heavy atom. The van der Waals surface area contributed by atoms with Crippen LogP contribution in [0.3, 0.4) is 0 Å². The van der Waals surface area contributed by atoms with E-state index in [0.29, 0.717) is 41.3 Å². The number of hydrogen-bond donors (Lipinski definition) is 1. The van der Waals surface area contributed by atoms with E-state index < -0.39 is 6.10 Å². The highest BCUT2D eigenvalue weighted by atomic mass is 16.5. The molecular formula is C22H17N3O3. The molecule has 0 fully saturated rings. The van der Waals surface area contributed by atoms with Crippen molar-refractivity contribution >= 4 is 11.5 Å². The Hall–Kier alpha value is -3.85. The number of anilines is 1. The van der Waals surface area contributed by atoms with Crippen LogP contribution in [0.5, 0.6) is 11.5 Å². The fourth-order valence-electron chi connectivity index (χ4n) is 3.15. The van der Waals surface area contributed by atoms with E-state index in [1.54, 1.807) is 48.8 Å². The Balaban J connectivity index is 1.73. The molecule has 2 N–H and O–H groups in total. The Morgan fingerprint density at radius 1 is 1.18 bits per heavy atom. The van der Waals surface area contributed by atoms with Crippen molar-refractivity contribution in [2.75, 3.05) is 12.3 Å². The molecule has 1 atom stereocenters. The van der Waals surface area contributed by atoms with Gasteiger partial charge in [0, 0.05) is 24.2 Å². The smallest absolute Gasteiger partial charge is 0.169 e. The summed E-state index contributed by atoms with van der Waals surface area (Å²) in [5, 5.41) is 9.05. The molecule has 0 aliphatic carbocycles. The van der Waals surface area contributed by atoms with Crippen molar-refractivity contribution in [2.24, 2.45) is 0 Å². The van der Waals surface area contributed by atoms with Crippen LogP contribution in [0.15, 0.2) is 60.9 Å². The zero-order valence-corrected chi connectivity index (χ0v) is 15.0. The summed E-state index contributed by atoms with van der Waals surface area (Å²) < 4.78 is 11.9. The van der Waals surface area contributed by atoms with Gasteiger partial charge in [0.1, 0.15) is 11.5 Å². The molecule has 0 bridgehead atoms. The Bertz CT molecular complexity index is 1070. The van der Waals surface area contributed by atoms with Gasteiger partial charge in [0.15, 0.2) is 11.9 Å². The van der Waals surface area contributed by atoms with Gasteiger partial charge >= 0.3 is 0 Å². The number of aromatic nitrogens is 1. The maximum Gasteiger partial charge on any atom is 0.169 e. The second kappa shape index (κ2) is 7.41. The van der Waals surface area contributed by atoms with Crippen molar-refractivity contribution in [2.45, 2.75) is 12.5 Å². The third-order valence-corrected chi connectivity index (χ3v) is 4.61. The van der Waals surface area contributed by atoms with Crippen molar-refractivity contribution in [3.8, 4) is 17.6 Å². The van der Waals surface area contributed by atoms with Crippen molar-refractivity contribution in [1.82, 2.24) is 4.98 Å². The quantitative estimate of drug-likeness (QED) is 0.751. The molecule has 6 nitrogen and oxygen atoms in total. The number of fused-ring (bicyclic) bond motifs is 1. The van der Waals surface area contributed by atoms with E-state index in [9.17, 15) is 4.79 Å². The summed E-state index contributed by atoms with van der Waals surface area (Å²) in [6.07, 6.45) is 3.10. The average molecular weight is 371 g/mol. The van der Waals surface area contributed by atoms with Gasteiger partial charge in [-0.15, -0.1) is 0 Å². The highest BCUT2D eigenvalue weighted by Gasteiger charge is 2.22. The van der Waals surface area contributed by atoms with Gasteiger partial charge < -0.3 is 15.2 Å². The normalized spacial score (nSPS) is 13.8. The number of benzene rings is 2. The molecule has 1 aliphatic heterocycles. The van der Waals surface area contributed by atoms with Crippen LogP contribution in [0.4, 0.5) is 5.69 Å². The first-order valence-electron chi connectivity index (χ1n) is 8.82. The predicted octanol–water partition coefficient (Wildman–Crippen LogP) is 3.67. The minimum absolute atomic E-state index is 0.0646. The number of nitrogens with two attached hydrogens (primary N) is 1. The highest BCUT2D eigenvalue weighted by molar-refractivity contribution is 5.99. The molecule has 138 valence electrons. The lowest BCUT2D eigenvalue weighted by atomic mass is 9.99. The lowest BCUT2D eigenvalue weighted by Gasteiger charge is -2.23. The minimum atomic E-state index is -0.506. The van der Waals surface area contributed by atoms with Crippen molar-refractivity contribution in [3.05, 3.63) is 83.2 Å². The van der Waals surface area contributed by atoms with Crippen LogP contribution < -0.4 is 15.2 Å². The van der Waals surface area contributed by atoms with Gasteiger partial charge in [-0.25, -0.2) is 0 Å². The number of hydrogen-bond acceptors (Lipinski definition) is 6. The number of rotatable bonds is 4. The summed E-state index contributed by atoms with van der Waals surface area (Å²) in [6, 6.07) is 16.2. The van der Waals surface area contributed by atoms with Crippen molar-refractivity contribution < 1.29 is 14.3 Å². The molecule has 1 aromatic heterocycles. The lowest BCUT2D eigenvalue weighted by molar-refractivity contribution is 0.0933. The number of pyridine rings is 1. The van der Waals surface area contributed by atoms with E-state index in [2.05, 4.69) is 11.1 Å². The third-order valence-electron chi connectivity index (χ3n) is 4.61. The zero-order valence-electron chi connectivity index (χ0n) is 15.0. The van der Waals surface area contributed by atoms with Gasteiger partial charge in [0.2, 0.25) is 0 Å². The molecule has 0 saturated carbocycles. The maximum atomic E-state index is 12.0. The van der Waals surface area contributed by atoms with E-state index in [4.69, 9.17) is 20.5 Å². The first kappa shape index (κ1) is 17.6. The minimum Gasteiger partial charge on any atom is -0.492 e. The van der Waals surface area contributed by atoms with Gasteiger partial charge in [-0.05, 0) is 35.9 Å². The maximum absolute atomic E-state index is 12.0. The molecule has 2 heterocycles. The van der Waals surface area contributed by atoms with E-state index in [1.807, 2.05) is 12.1 Å². The third kappa shape index (κ3) is 3.38. The molecule has 2 aromatic carbocycles. The summed E-state index contributed by atoms with van der Waals surface area (Å²) in [5.74, 6) is 1.14. The van der Waals surface area contributed by atoms with Gasteiger partial charge in [-0.1, -0.05) is 12.1 Å². The number of carbonyl (C=O) groups is 1. The summed E-state index contributed by atoms with van der Waals surface area (Å²) in [5.41, 5.74) is 9.36. The molecule has 0 radical (unpaired) electrons. The topological polar surface area (TPSA) is 98.2 Å². The van der Waals surface area contributed by atoms with Crippen LogP contribution in [-0.2, 0) is 0 Å². The van der Waals surface area contributed by atoms with E-state index >= 15 is 0 Å². The van der Waals surface area contributed by atoms with Crippen LogP contribution in [0.1, 0.15) is 39.6 Å². The summed E-state index contributed by atoms with van der Waals surface area (Å²) in [7, 11) is 0. The first-order chi connectivity index (χ1) is 13.7. The monoisotopic (exact) mass is 371 g/mol. The molecule has 6 heteroatoms. The number of Topliss-reactive ketones (excluding diaryl/α,β-unsaturated/α-hetero) is 1. The number of nitriles is 1.